The number of amides is 2. The Kier molecular flexibility index (Phi) is 5.99. The van der Waals surface area contributed by atoms with Crippen molar-refractivity contribution in [3.05, 3.63) is 58.1 Å². The Morgan fingerprint density at radius 1 is 1.20 bits per heavy atom. The molecule has 0 spiro atoms. The van der Waals surface area contributed by atoms with Gasteiger partial charge < -0.3 is 24.0 Å². The van der Waals surface area contributed by atoms with Crippen molar-refractivity contribution in [2.45, 2.75) is 32.0 Å². The molecule has 0 aromatic heterocycles. The minimum atomic E-state index is -1.39. The van der Waals surface area contributed by atoms with E-state index in [-0.39, 0.29) is 38.1 Å². The lowest BCUT2D eigenvalue weighted by atomic mass is 9.77. The Morgan fingerprint density at radius 2 is 1.94 bits per heavy atom. The minimum absolute atomic E-state index is 0.0661. The van der Waals surface area contributed by atoms with Gasteiger partial charge in [0.15, 0.2) is 0 Å². The number of ether oxygens (including phenoxy) is 3. The van der Waals surface area contributed by atoms with E-state index in [1.54, 1.807) is 25.9 Å². The molecule has 0 N–H and O–H groups in total. The van der Waals surface area contributed by atoms with Gasteiger partial charge >= 0.3 is 5.97 Å². The summed E-state index contributed by atoms with van der Waals surface area (Å²) in [4.78, 5) is 44.3. The number of nitrogens with zero attached hydrogens (tertiary/aromatic N) is 2. The van der Waals surface area contributed by atoms with E-state index >= 15 is 0 Å². The Hall–Kier alpha value is -3.07. The molecule has 8 nitrogen and oxygen atoms in total. The van der Waals surface area contributed by atoms with E-state index in [0.717, 1.165) is 15.6 Å². The van der Waals surface area contributed by atoms with Gasteiger partial charge in [-0.15, -0.1) is 0 Å². The van der Waals surface area contributed by atoms with Crippen LogP contribution in [0.5, 0.6) is 11.5 Å². The summed E-state index contributed by atoms with van der Waals surface area (Å²) in [7, 11) is 1.59. The summed E-state index contributed by atoms with van der Waals surface area (Å²) in [5, 5.41) is 0. The van der Waals surface area contributed by atoms with Crippen LogP contribution in [0.2, 0.25) is 0 Å². The molecule has 9 heteroatoms. The number of esters is 1. The maximum absolute atomic E-state index is 14.1. The molecule has 4 atom stereocenters. The molecule has 0 bridgehead atoms. The summed E-state index contributed by atoms with van der Waals surface area (Å²) < 4.78 is 17.5. The van der Waals surface area contributed by atoms with E-state index in [2.05, 4.69) is 15.9 Å². The summed E-state index contributed by atoms with van der Waals surface area (Å²) in [5.41, 5.74) is 0.263. The van der Waals surface area contributed by atoms with Crippen LogP contribution in [0, 0.1) is 11.8 Å². The topological polar surface area (TPSA) is 85.4 Å². The van der Waals surface area contributed by atoms with Crippen LogP contribution in [0.4, 0.5) is 0 Å². The Bertz CT molecular complexity index is 1180. The number of methoxy groups -OCH3 is 1. The zero-order chi connectivity index (χ0) is 24.9. The van der Waals surface area contributed by atoms with Crippen molar-refractivity contribution in [3.63, 3.8) is 0 Å². The maximum Gasteiger partial charge on any atom is 0.312 e. The highest BCUT2D eigenvalue weighted by molar-refractivity contribution is 9.10. The predicted molar refractivity (Wildman–Crippen MR) is 130 cm³/mol. The first-order valence-electron chi connectivity index (χ1n) is 11.6. The molecule has 2 amide bonds. The van der Waals surface area contributed by atoms with Crippen LogP contribution in [-0.2, 0) is 25.7 Å². The third-order valence-electron chi connectivity index (χ3n) is 7.33. The minimum Gasteiger partial charge on any atom is -0.497 e. The van der Waals surface area contributed by atoms with Crippen LogP contribution in [0.3, 0.4) is 0 Å². The van der Waals surface area contributed by atoms with Crippen LogP contribution < -0.4 is 9.47 Å². The molecule has 0 saturated carbocycles. The standard InChI is InChI=1S/C26H27BrN2O6/c1-4-34-24(31)22-19-14-35-20-10-7-16(27)11-18(20)23(19)29-21(30)13-28(25(32)26(22,29)2)12-15-5-8-17(33-3)9-6-15/h5-11,19,22-23H,4,12-14H2,1-3H3/t19?,22?,23?,26-/m1/s1. The van der Waals surface area contributed by atoms with Crippen molar-refractivity contribution in [3.8, 4) is 11.5 Å². The zero-order valence-corrected chi connectivity index (χ0v) is 21.4. The number of carbonyl (C=O) groups excluding carboxylic acids is 3. The first-order valence-corrected chi connectivity index (χ1v) is 12.4. The second-order valence-electron chi connectivity index (χ2n) is 9.25. The highest BCUT2D eigenvalue weighted by atomic mass is 79.9. The van der Waals surface area contributed by atoms with E-state index in [9.17, 15) is 14.4 Å². The molecule has 2 fully saturated rings. The molecule has 3 aliphatic heterocycles. The van der Waals surface area contributed by atoms with Crippen molar-refractivity contribution in [2.75, 3.05) is 26.9 Å². The summed E-state index contributed by atoms with van der Waals surface area (Å²) in [6.07, 6.45) is 0. The molecule has 2 aromatic carbocycles. The highest BCUT2D eigenvalue weighted by Gasteiger charge is 2.69. The summed E-state index contributed by atoms with van der Waals surface area (Å²) in [6, 6.07) is 12.5. The van der Waals surface area contributed by atoms with Gasteiger partial charge in [-0.3, -0.25) is 14.4 Å². The molecule has 5 rings (SSSR count). The average molecular weight is 543 g/mol. The summed E-state index contributed by atoms with van der Waals surface area (Å²) in [6.45, 7) is 4.02. The molecular formula is C26H27BrN2O6. The molecule has 3 heterocycles. The second kappa shape index (κ2) is 8.86. The average Bonchev–Trinajstić information content (AvgIpc) is 3.13. The van der Waals surface area contributed by atoms with E-state index in [0.29, 0.717) is 11.5 Å². The SMILES string of the molecule is CCOC(=O)C1C2COc3ccc(Br)cc3C2N2C(=O)CN(Cc3ccc(OC)cc3)C(=O)[C@@]12C. The molecule has 184 valence electrons. The number of hydrogen-bond donors (Lipinski definition) is 0. The lowest BCUT2D eigenvalue weighted by Gasteiger charge is -2.47. The molecule has 3 unspecified atom stereocenters. The molecular weight excluding hydrogens is 516 g/mol. The highest BCUT2D eigenvalue weighted by Crippen LogP contribution is 2.57. The largest absolute Gasteiger partial charge is 0.497 e. The number of rotatable bonds is 5. The fraction of sp³-hybridized carbons (Fsp3) is 0.423. The second-order valence-corrected chi connectivity index (χ2v) is 10.2. The Labute approximate surface area is 212 Å². The predicted octanol–water partition coefficient (Wildman–Crippen LogP) is 3.33. The lowest BCUT2D eigenvalue weighted by Crippen LogP contribution is -2.67. The van der Waals surface area contributed by atoms with Gasteiger partial charge in [0, 0.05) is 22.5 Å². The molecule has 35 heavy (non-hydrogen) atoms. The normalized spacial score (nSPS) is 27.0. The van der Waals surface area contributed by atoms with Crippen LogP contribution in [-0.4, -0.2) is 60.0 Å². The quantitative estimate of drug-likeness (QED) is 0.538. The number of halogens is 1. The number of benzene rings is 2. The Morgan fingerprint density at radius 3 is 2.63 bits per heavy atom. The molecule has 0 radical (unpaired) electrons. The van der Waals surface area contributed by atoms with Crippen molar-refractivity contribution in [1.82, 2.24) is 9.80 Å². The molecule has 0 aliphatic carbocycles. The van der Waals surface area contributed by atoms with E-state index in [1.165, 1.54) is 4.90 Å². The zero-order valence-electron chi connectivity index (χ0n) is 19.8. The third kappa shape index (κ3) is 3.67. The number of hydrogen-bond acceptors (Lipinski definition) is 6. The van der Waals surface area contributed by atoms with Crippen molar-refractivity contribution >= 4 is 33.7 Å². The van der Waals surface area contributed by atoms with Crippen molar-refractivity contribution < 1.29 is 28.6 Å². The third-order valence-corrected chi connectivity index (χ3v) is 7.82. The van der Waals surface area contributed by atoms with Crippen LogP contribution >= 0.6 is 15.9 Å². The first-order chi connectivity index (χ1) is 16.8. The van der Waals surface area contributed by atoms with Gasteiger partial charge in [0.1, 0.15) is 23.6 Å². The fourth-order valence-corrected chi connectivity index (χ4v) is 6.23. The number of fused-ring (bicyclic) bond motifs is 5. The lowest BCUT2D eigenvalue weighted by molar-refractivity contribution is -0.170. The van der Waals surface area contributed by atoms with Gasteiger partial charge in [-0.05, 0) is 49.7 Å². The van der Waals surface area contributed by atoms with E-state index in [4.69, 9.17) is 14.2 Å². The fourth-order valence-electron chi connectivity index (χ4n) is 5.85. The first kappa shape index (κ1) is 23.7. The maximum atomic E-state index is 14.1. The van der Waals surface area contributed by atoms with Gasteiger partial charge in [-0.25, -0.2) is 0 Å². The summed E-state index contributed by atoms with van der Waals surface area (Å²) in [5.74, 6) is -0.847. The van der Waals surface area contributed by atoms with Gasteiger partial charge in [-0.1, -0.05) is 28.1 Å². The number of carbonyl (C=O) groups is 3. The van der Waals surface area contributed by atoms with Gasteiger partial charge in [0.05, 0.1) is 32.3 Å². The smallest absolute Gasteiger partial charge is 0.312 e. The molecule has 3 aliphatic rings. The van der Waals surface area contributed by atoms with Gasteiger partial charge in [0.25, 0.3) is 0 Å². The van der Waals surface area contributed by atoms with E-state index in [1.807, 2.05) is 42.5 Å². The molecule has 2 aromatic rings. The van der Waals surface area contributed by atoms with Crippen LogP contribution in [0.1, 0.15) is 31.0 Å². The van der Waals surface area contributed by atoms with Gasteiger partial charge in [0.2, 0.25) is 11.8 Å². The number of piperazine rings is 1. The van der Waals surface area contributed by atoms with Crippen LogP contribution in [0.25, 0.3) is 0 Å². The van der Waals surface area contributed by atoms with Crippen molar-refractivity contribution in [1.29, 1.82) is 0 Å². The van der Waals surface area contributed by atoms with Crippen LogP contribution in [0.15, 0.2) is 46.9 Å². The van der Waals surface area contributed by atoms with E-state index < -0.39 is 29.4 Å². The Balaban J connectivity index is 1.57. The van der Waals surface area contributed by atoms with Crippen molar-refractivity contribution in [2.24, 2.45) is 11.8 Å². The van der Waals surface area contributed by atoms with Gasteiger partial charge in [-0.2, -0.15) is 0 Å². The molecule has 2 saturated heterocycles. The monoisotopic (exact) mass is 542 g/mol. The summed E-state index contributed by atoms with van der Waals surface area (Å²) >= 11 is 3.51.